The smallest absolute Gasteiger partial charge is 0.139 e. The Bertz CT molecular complexity index is 712. The van der Waals surface area contributed by atoms with Gasteiger partial charge in [0.05, 0.1) is 24.1 Å². The lowest BCUT2D eigenvalue weighted by molar-refractivity contribution is -0.108. The van der Waals surface area contributed by atoms with Gasteiger partial charge in [-0.1, -0.05) is 12.1 Å². The number of imidazole rings is 1. The maximum atomic E-state index is 10.4. The third-order valence-corrected chi connectivity index (χ3v) is 2.83. The summed E-state index contributed by atoms with van der Waals surface area (Å²) in [5, 5.41) is 10.6. The van der Waals surface area contributed by atoms with E-state index in [-0.39, 0.29) is 5.75 Å². The highest BCUT2D eigenvalue weighted by Crippen LogP contribution is 2.28. The number of benzene rings is 1. The Morgan fingerprint density at radius 3 is 3.11 bits per heavy atom. The molecule has 1 aromatic carbocycles. The normalized spacial score (nSPS) is 10.9. The first-order chi connectivity index (χ1) is 8.78. The van der Waals surface area contributed by atoms with Crippen molar-refractivity contribution in [1.29, 1.82) is 0 Å². The highest BCUT2D eigenvalue weighted by molar-refractivity contribution is 5.89. The summed E-state index contributed by atoms with van der Waals surface area (Å²) >= 11 is 0. The highest BCUT2D eigenvalue weighted by atomic mass is 16.3. The predicted molar refractivity (Wildman–Crippen MR) is 67.2 cm³/mol. The zero-order valence-electron chi connectivity index (χ0n) is 9.50. The van der Waals surface area contributed by atoms with Crippen LogP contribution in [-0.2, 0) is 11.3 Å². The number of carbonyl (C=O) groups excluding carboxylic acids is 1. The van der Waals surface area contributed by atoms with Crippen LogP contribution < -0.4 is 0 Å². The molecule has 0 spiro atoms. The average molecular weight is 241 g/mol. The summed E-state index contributed by atoms with van der Waals surface area (Å²) in [6.45, 7) is 0.290. The average Bonchev–Trinajstić information content (AvgIpc) is 2.96. The molecule has 0 amide bonds. The van der Waals surface area contributed by atoms with E-state index in [1.807, 2.05) is 12.1 Å². The third-order valence-electron chi connectivity index (χ3n) is 2.83. The van der Waals surface area contributed by atoms with E-state index in [4.69, 9.17) is 0 Å². The molecular formula is C13H11N3O2. The van der Waals surface area contributed by atoms with Crippen molar-refractivity contribution in [3.05, 3.63) is 36.8 Å². The fourth-order valence-electron chi connectivity index (χ4n) is 1.96. The van der Waals surface area contributed by atoms with Crippen molar-refractivity contribution in [2.45, 2.75) is 6.54 Å². The fraction of sp³-hybridized carbons (Fsp3) is 0.0769. The van der Waals surface area contributed by atoms with Crippen LogP contribution in [0.15, 0.2) is 36.8 Å². The molecule has 2 aromatic heterocycles. The number of nitrogens with one attached hydrogen (secondary N) is 1. The van der Waals surface area contributed by atoms with E-state index in [1.165, 1.54) is 0 Å². The van der Waals surface area contributed by atoms with Gasteiger partial charge in [0.1, 0.15) is 17.7 Å². The molecule has 0 atom stereocenters. The van der Waals surface area contributed by atoms with Gasteiger partial charge >= 0.3 is 0 Å². The summed E-state index contributed by atoms with van der Waals surface area (Å²) in [4.78, 5) is 17.8. The van der Waals surface area contributed by atoms with E-state index in [1.54, 1.807) is 29.2 Å². The molecule has 0 saturated heterocycles. The minimum absolute atomic E-state index is 0.214. The van der Waals surface area contributed by atoms with E-state index in [9.17, 15) is 9.90 Å². The Morgan fingerprint density at radius 2 is 2.33 bits per heavy atom. The molecular weight excluding hydrogens is 230 g/mol. The monoisotopic (exact) mass is 241 g/mol. The number of aromatic nitrogens is 3. The molecule has 0 radical (unpaired) electrons. The van der Waals surface area contributed by atoms with Crippen molar-refractivity contribution in [1.82, 2.24) is 14.5 Å². The quantitative estimate of drug-likeness (QED) is 0.688. The van der Waals surface area contributed by atoms with Crippen LogP contribution in [0.1, 0.15) is 0 Å². The molecule has 0 saturated carbocycles. The van der Waals surface area contributed by atoms with Crippen LogP contribution in [0.25, 0.3) is 22.3 Å². The molecule has 3 rings (SSSR count). The number of aromatic hydroxyl groups is 1. The van der Waals surface area contributed by atoms with Crippen LogP contribution in [0.2, 0.25) is 0 Å². The molecule has 0 unspecified atom stereocenters. The zero-order chi connectivity index (χ0) is 12.5. The number of phenolic OH excluding ortho intramolecular Hbond substituents is 1. The molecule has 0 aliphatic heterocycles. The van der Waals surface area contributed by atoms with Crippen molar-refractivity contribution in [3.63, 3.8) is 0 Å². The molecule has 2 heterocycles. The first-order valence-corrected chi connectivity index (χ1v) is 5.54. The van der Waals surface area contributed by atoms with Gasteiger partial charge in [-0.15, -0.1) is 0 Å². The first-order valence-electron chi connectivity index (χ1n) is 5.54. The number of fused-ring (bicyclic) bond motifs is 1. The van der Waals surface area contributed by atoms with Gasteiger partial charge in [-0.2, -0.15) is 0 Å². The van der Waals surface area contributed by atoms with Crippen LogP contribution in [0.5, 0.6) is 5.75 Å². The molecule has 0 aliphatic carbocycles. The lowest BCUT2D eigenvalue weighted by Gasteiger charge is -1.93. The fourth-order valence-corrected chi connectivity index (χ4v) is 1.96. The van der Waals surface area contributed by atoms with E-state index in [0.29, 0.717) is 12.1 Å². The van der Waals surface area contributed by atoms with E-state index in [0.717, 1.165) is 23.1 Å². The van der Waals surface area contributed by atoms with Gasteiger partial charge in [0.2, 0.25) is 0 Å². The molecule has 5 nitrogen and oxygen atoms in total. The molecule has 5 heteroatoms. The second-order valence-electron chi connectivity index (χ2n) is 4.05. The van der Waals surface area contributed by atoms with Crippen molar-refractivity contribution in [2.24, 2.45) is 0 Å². The SMILES string of the molecule is O=CCn1cnc(-c2cc3cccc(O)c3[nH]2)c1. The molecule has 90 valence electrons. The number of phenols is 1. The summed E-state index contributed by atoms with van der Waals surface area (Å²) < 4.78 is 1.70. The van der Waals surface area contributed by atoms with Gasteiger partial charge in [0, 0.05) is 11.6 Å². The minimum Gasteiger partial charge on any atom is -0.506 e. The van der Waals surface area contributed by atoms with Gasteiger partial charge in [-0.05, 0) is 12.1 Å². The van der Waals surface area contributed by atoms with Crippen LogP contribution in [0, 0.1) is 0 Å². The Balaban J connectivity index is 2.07. The molecule has 0 fully saturated rings. The molecule has 0 aliphatic rings. The maximum absolute atomic E-state index is 10.4. The van der Waals surface area contributed by atoms with Crippen LogP contribution >= 0.6 is 0 Å². The summed E-state index contributed by atoms with van der Waals surface area (Å²) in [5.41, 5.74) is 2.25. The molecule has 18 heavy (non-hydrogen) atoms. The van der Waals surface area contributed by atoms with Gasteiger partial charge in [0.25, 0.3) is 0 Å². The predicted octanol–water partition coefficient (Wildman–Crippen LogP) is 1.94. The van der Waals surface area contributed by atoms with E-state index >= 15 is 0 Å². The summed E-state index contributed by atoms with van der Waals surface area (Å²) in [5.74, 6) is 0.214. The molecule has 3 aromatic rings. The van der Waals surface area contributed by atoms with E-state index < -0.39 is 0 Å². The van der Waals surface area contributed by atoms with Crippen molar-refractivity contribution in [3.8, 4) is 17.1 Å². The van der Waals surface area contributed by atoms with Gasteiger partial charge in [-0.3, -0.25) is 0 Å². The number of H-pyrrole nitrogens is 1. The Kier molecular flexibility index (Phi) is 2.37. The first kappa shape index (κ1) is 10.6. The number of hydrogen-bond acceptors (Lipinski definition) is 3. The second-order valence-corrected chi connectivity index (χ2v) is 4.05. The minimum atomic E-state index is 0.214. The van der Waals surface area contributed by atoms with Crippen molar-refractivity contribution >= 4 is 17.2 Å². The standard InChI is InChI=1S/C13H11N3O2/c17-5-4-16-7-11(14-8-16)10-6-9-2-1-3-12(18)13(9)15-10/h1-3,5-8,15,18H,4H2. The van der Waals surface area contributed by atoms with Crippen molar-refractivity contribution in [2.75, 3.05) is 0 Å². The molecule has 2 N–H and O–H groups in total. The number of carbonyl (C=O) groups is 1. The van der Waals surface area contributed by atoms with Gasteiger partial charge in [0.15, 0.2) is 0 Å². The van der Waals surface area contributed by atoms with Gasteiger partial charge < -0.3 is 19.5 Å². The number of hydrogen-bond donors (Lipinski definition) is 2. The number of nitrogens with zero attached hydrogens (tertiary/aromatic N) is 2. The summed E-state index contributed by atoms with van der Waals surface area (Å²) in [6.07, 6.45) is 4.22. The lowest BCUT2D eigenvalue weighted by atomic mass is 10.2. The largest absolute Gasteiger partial charge is 0.506 e. The summed E-state index contributed by atoms with van der Waals surface area (Å²) in [7, 11) is 0. The number of aromatic amines is 1. The number of rotatable bonds is 3. The Hall–Kier alpha value is -2.56. The van der Waals surface area contributed by atoms with E-state index in [2.05, 4.69) is 9.97 Å². The topological polar surface area (TPSA) is 70.9 Å². The maximum Gasteiger partial charge on any atom is 0.139 e. The third kappa shape index (κ3) is 1.66. The van der Waals surface area contributed by atoms with Crippen LogP contribution in [-0.4, -0.2) is 25.9 Å². The summed E-state index contributed by atoms with van der Waals surface area (Å²) in [6, 6.07) is 7.26. The lowest BCUT2D eigenvalue weighted by Crippen LogP contribution is -1.93. The number of para-hydroxylation sites is 1. The number of aldehydes is 1. The van der Waals surface area contributed by atoms with Crippen LogP contribution in [0.4, 0.5) is 0 Å². The zero-order valence-corrected chi connectivity index (χ0v) is 9.50. The molecule has 0 bridgehead atoms. The highest BCUT2D eigenvalue weighted by Gasteiger charge is 2.08. The van der Waals surface area contributed by atoms with Crippen molar-refractivity contribution < 1.29 is 9.90 Å². The second kappa shape index (κ2) is 4.03. The Labute approximate surface area is 103 Å². The van der Waals surface area contributed by atoms with Crippen LogP contribution in [0.3, 0.4) is 0 Å². The van der Waals surface area contributed by atoms with Gasteiger partial charge in [-0.25, -0.2) is 4.98 Å². The Morgan fingerprint density at radius 1 is 1.44 bits per heavy atom.